The normalized spacial score (nSPS) is 12.8. The second-order valence-corrected chi connectivity index (χ2v) is 5.88. The van der Waals surface area contributed by atoms with Crippen molar-refractivity contribution in [1.29, 1.82) is 0 Å². The van der Waals surface area contributed by atoms with Gasteiger partial charge in [-0.15, -0.1) is 0 Å². The van der Waals surface area contributed by atoms with Gasteiger partial charge in [0.05, 0.1) is 0 Å². The molecule has 1 aromatic carbocycles. The standard InChI is InChI=1S/C15H22BrF/c1-4-5-6-7-8-14(16)15-11(2)9-13(17)10-12(15)3/h9-10,14H,4-8H2,1-3H3. The minimum absolute atomic E-state index is 0.130. The van der Waals surface area contributed by atoms with Crippen LogP contribution in [0.4, 0.5) is 4.39 Å². The first kappa shape index (κ1) is 14.7. The molecule has 0 spiro atoms. The summed E-state index contributed by atoms with van der Waals surface area (Å²) in [6.45, 7) is 6.21. The summed E-state index contributed by atoms with van der Waals surface area (Å²) in [7, 11) is 0. The van der Waals surface area contributed by atoms with Gasteiger partial charge in [0.15, 0.2) is 0 Å². The van der Waals surface area contributed by atoms with Gasteiger partial charge in [0.2, 0.25) is 0 Å². The topological polar surface area (TPSA) is 0 Å². The fourth-order valence-electron chi connectivity index (χ4n) is 2.31. The number of hydrogen-bond acceptors (Lipinski definition) is 0. The van der Waals surface area contributed by atoms with E-state index in [0.29, 0.717) is 4.83 Å². The zero-order valence-corrected chi connectivity index (χ0v) is 12.6. The smallest absolute Gasteiger partial charge is 0.123 e. The van der Waals surface area contributed by atoms with Crippen molar-refractivity contribution in [2.75, 3.05) is 0 Å². The van der Waals surface area contributed by atoms with Crippen molar-refractivity contribution >= 4 is 15.9 Å². The van der Waals surface area contributed by atoms with Crippen LogP contribution in [0.5, 0.6) is 0 Å². The number of halogens is 2. The van der Waals surface area contributed by atoms with Crippen molar-refractivity contribution in [3.63, 3.8) is 0 Å². The van der Waals surface area contributed by atoms with Gasteiger partial charge in [0.25, 0.3) is 0 Å². The van der Waals surface area contributed by atoms with Gasteiger partial charge in [-0.3, -0.25) is 0 Å². The molecule has 0 aliphatic rings. The van der Waals surface area contributed by atoms with Gasteiger partial charge in [-0.1, -0.05) is 48.5 Å². The Kier molecular flexibility index (Phi) is 6.18. The summed E-state index contributed by atoms with van der Waals surface area (Å²) in [6.07, 6.45) is 6.23. The van der Waals surface area contributed by atoms with E-state index in [-0.39, 0.29) is 5.82 Å². The maximum atomic E-state index is 13.2. The molecule has 0 aliphatic heterocycles. The highest BCUT2D eigenvalue weighted by Gasteiger charge is 2.13. The van der Waals surface area contributed by atoms with E-state index in [2.05, 4.69) is 22.9 Å². The Balaban J connectivity index is 2.65. The van der Waals surface area contributed by atoms with Crippen molar-refractivity contribution in [3.05, 3.63) is 34.6 Å². The molecule has 0 N–H and O–H groups in total. The third-order valence-corrected chi connectivity index (χ3v) is 4.10. The Morgan fingerprint density at radius 1 is 1.12 bits per heavy atom. The molecule has 0 heterocycles. The van der Waals surface area contributed by atoms with Crippen molar-refractivity contribution < 1.29 is 4.39 Å². The Labute approximate surface area is 113 Å². The average molecular weight is 301 g/mol. The molecule has 0 amide bonds. The third-order valence-electron chi connectivity index (χ3n) is 3.18. The molecule has 0 saturated heterocycles. The molecule has 1 rings (SSSR count). The molecular formula is C15H22BrF. The molecule has 96 valence electrons. The molecule has 0 radical (unpaired) electrons. The summed E-state index contributed by atoms with van der Waals surface area (Å²) >= 11 is 3.74. The quantitative estimate of drug-likeness (QED) is 0.457. The van der Waals surface area contributed by atoms with Crippen LogP contribution < -0.4 is 0 Å². The summed E-state index contributed by atoms with van der Waals surface area (Å²) in [4.78, 5) is 0.361. The lowest BCUT2D eigenvalue weighted by Gasteiger charge is -2.16. The summed E-state index contributed by atoms with van der Waals surface area (Å²) in [5, 5.41) is 0. The zero-order chi connectivity index (χ0) is 12.8. The zero-order valence-electron chi connectivity index (χ0n) is 11.0. The van der Waals surface area contributed by atoms with Crippen LogP contribution in [0, 0.1) is 19.7 Å². The van der Waals surface area contributed by atoms with Gasteiger partial charge in [-0.2, -0.15) is 0 Å². The highest BCUT2D eigenvalue weighted by Crippen LogP contribution is 2.33. The number of unbranched alkanes of at least 4 members (excludes halogenated alkanes) is 3. The van der Waals surface area contributed by atoms with Gasteiger partial charge >= 0.3 is 0 Å². The minimum Gasteiger partial charge on any atom is -0.207 e. The van der Waals surface area contributed by atoms with Crippen LogP contribution in [0.15, 0.2) is 12.1 Å². The van der Waals surface area contributed by atoms with Gasteiger partial charge in [-0.25, -0.2) is 4.39 Å². The Hall–Kier alpha value is -0.370. The SMILES string of the molecule is CCCCCCC(Br)c1c(C)cc(F)cc1C. The predicted octanol–water partition coefficient (Wildman–Crippen LogP) is 5.85. The highest BCUT2D eigenvalue weighted by atomic mass is 79.9. The molecule has 0 aromatic heterocycles. The van der Waals surface area contributed by atoms with Crippen LogP contribution in [-0.2, 0) is 0 Å². The number of aryl methyl sites for hydroxylation is 2. The second-order valence-electron chi connectivity index (χ2n) is 4.77. The van der Waals surface area contributed by atoms with E-state index >= 15 is 0 Å². The first-order valence-electron chi connectivity index (χ1n) is 6.47. The number of alkyl halides is 1. The molecule has 17 heavy (non-hydrogen) atoms. The summed E-state index contributed by atoms with van der Waals surface area (Å²) in [6, 6.07) is 3.26. The molecule has 0 bridgehead atoms. The summed E-state index contributed by atoms with van der Waals surface area (Å²) < 4.78 is 13.2. The third kappa shape index (κ3) is 4.42. The fourth-order valence-corrected chi connectivity index (χ4v) is 3.36. The van der Waals surface area contributed by atoms with Gasteiger partial charge in [-0.05, 0) is 49.1 Å². The molecule has 0 nitrogen and oxygen atoms in total. The Morgan fingerprint density at radius 3 is 2.24 bits per heavy atom. The van der Waals surface area contributed by atoms with E-state index in [1.165, 1.54) is 31.2 Å². The van der Waals surface area contributed by atoms with Crippen LogP contribution in [0.25, 0.3) is 0 Å². The van der Waals surface area contributed by atoms with E-state index < -0.39 is 0 Å². The number of hydrogen-bond donors (Lipinski definition) is 0. The maximum Gasteiger partial charge on any atom is 0.123 e. The number of rotatable bonds is 6. The second kappa shape index (κ2) is 7.15. The average Bonchev–Trinajstić information content (AvgIpc) is 2.23. The van der Waals surface area contributed by atoms with E-state index in [0.717, 1.165) is 17.5 Å². The van der Waals surface area contributed by atoms with Crippen molar-refractivity contribution in [3.8, 4) is 0 Å². The van der Waals surface area contributed by atoms with Crippen molar-refractivity contribution in [2.45, 2.75) is 57.7 Å². The molecule has 2 heteroatoms. The van der Waals surface area contributed by atoms with E-state index in [1.54, 1.807) is 12.1 Å². The minimum atomic E-state index is -0.130. The van der Waals surface area contributed by atoms with Crippen LogP contribution in [0.2, 0.25) is 0 Å². The molecule has 1 atom stereocenters. The van der Waals surface area contributed by atoms with Crippen molar-refractivity contribution in [1.82, 2.24) is 0 Å². The van der Waals surface area contributed by atoms with Crippen LogP contribution >= 0.6 is 15.9 Å². The maximum absolute atomic E-state index is 13.2. The fraction of sp³-hybridized carbons (Fsp3) is 0.600. The molecule has 0 fully saturated rings. The van der Waals surface area contributed by atoms with Gasteiger partial charge in [0.1, 0.15) is 5.82 Å². The first-order valence-corrected chi connectivity index (χ1v) is 7.38. The lowest BCUT2D eigenvalue weighted by Crippen LogP contribution is -1.99. The van der Waals surface area contributed by atoms with Crippen LogP contribution in [0.1, 0.15) is 60.5 Å². The lowest BCUT2D eigenvalue weighted by atomic mass is 9.96. The lowest BCUT2D eigenvalue weighted by molar-refractivity contribution is 0.616. The van der Waals surface area contributed by atoms with Crippen molar-refractivity contribution in [2.24, 2.45) is 0 Å². The molecular weight excluding hydrogens is 279 g/mol. The Bertz CT molecular complexity index is 337. The van der Waals surface area contributed by atoms with Crippen LogP contribution in [-0.4, -0.2) is 0 Å². The van der Waals surface area contributed by atoms with Crippen LogP contribution in [0.3, 0.4) is 0 Å². The molecule has 1 unspecified atom stereocenters. The molecule has 1 aromatic rings. The Morgan fingerprint density at radius 2 is 1.71 bits per heavy atom. The number of benzene rings is 1. The first-order chi connectivity index (χ1) is 8.06. The molecule has 0 aliphatic carbocycles. The van der Waals surface area contributed by atoms with E-state index in [4.69, 9.17) is 0 Å². The van der Waals surface area contributed by atoms with E-state index in [1.807, 2.05) is 13.8 Å². The van der Waals surface area contributed by atoms with E-state index in [9.17, 15) is 4.39 Å². The van der Waals surface area contributed by atoms with Gasteiger partial charge in [0, 0.05) is 4.83 Å². The predicted molar refractivity (Wildman–Crippen MR) is 76.3 cm³/mol. The highest BCUT2D eigenvalue weighted by molar-refractivity contribution is 9.09. The summed E-state index contributed by atoms with van der Waals surface area (Å²) in [5.74, 6) is -0.130. The van der Waals surface area contributed by atoms with Gasteiger partial charge < -0.3 is 0 Å². The molecule has 0 saturated carbocycles. The monoisotopic (exact) mass is 300 g/mol. The summed E-state index contributed by atoms with van der Waals surface area (Å²) in [5.41, 5.74) is 3.38. The largest absolute Gasteiger partial charge is 0.207 e.